The van der Waals surface area contributed by atoms with Gasteiger partial charge >= 0.3 is 0 Å². The first-order chi connectivity index (χ1) is 6.13. The fourth-order valence-corrected chi connectivity index (χ4v) is 1.22. The zero-order valence-corrected chi connectivity index (χ0v) is 9.12. The molecule has 0 aliphatic carbocycles. The molecule has 0 unspecified atom stereocenters. The van der Waals surface area contributed by atoms with Crippen LogP contribution in [0.5, 0.6) is 0 Å². The average Bonchev–Trinajstić information content (AvgIpc) is 2.11. The third-order valence-electron chi connectivity index (χ3n) is 1.54. The Bertz CT molecular complexity index is 336. The molecule has 0 heterocycles. The maximum absolute atomic E-state index is 5.93. The molecule has 0 aliphatic heterocycles. The molecular weight excluding hydrogens is 204 g/mol. The number of aryl methyl sites for hydroxylation is 1. The van der Waals surface area contributed by atoms with E-state index >= 15 is 0 Å². The second-order valence-corrected chi connectivity index (χ2v) is 3.84. The summed E-state index contributed by atoms with van der Waals surface area (Å²) in [6.07, 6.45) is 1.88. The first-order valence-corrected chi connectivity index (χ1v) is 5.38. The number of benzene rings is 1. The summed E-state index contributed by atoms with van der Waals surface area (Å²) in [5, 5.41) is 1.15. The van der Waals surface area contributed by atoms with E-state index in [0.29, 0.717) is 10.2 Å². The molecule has 4 heteroatoms. The first kappa shape index (κ1) is 10.4. The van der Waals surface area contributed by atoms with Gasteiger partial charge in [-0.2, -0.15) is 0 Å². The molecule has 0 spiro atoms. The number of halogens is 1. The Labute approximate surface area is 87.2 Å². The molecule has 0 amide bonds. The minimum Gasteiger partial charge on any atom is -0.378 e. The molecule has 1 aromatic carbocycles. The highest BCUT2D eigenvalue weighted by Crippen LogP contribution is 2.26. The molecule has 13 heavy (non-hydrogen) atoms. The summed E-state index contributed by atoms with van der Waals surface area (Å²) >= 11 is 7.33. The van der Waals surface area contributed by atoms with E-state index in [4.69, 9.17) is 17.3 Å². The second kappa shape index (κ2) is 4.53. The van der Waals surface area contributed by atoms with Gasteiger partial charge in [-0.05, 0) is 30.9 Å². The Kier molecular flexibility index (Phi) is 3.63. The first-order valence-electron chi connectivity index (χ1n) is 3.78. The Morgan fingerprint density at radius 3 is 2.85 bits per heavy atom. The summed E-state index contributed by atoms with van der Waals surface area (Å²) in [7, 11) is 0. The predicted octanol–water partition coefficient (Wildman–Crippen LogP) is 2.96. The molecule has 1 aromatic rings. The zero-order chi connectivity index (χ0) is 9.84. The van der Waals surface area contributed by atoms with Gasteiger partial charge in [-0.15, -0.1) is 0 Å². The van der Waals surface area contributed by atoms with Crippen molar-refractivity contribution in [2.45, 2.75) is 6.92 Å². The largest absolute Gasteiger partial charge is 0.378 e. The van der Waals surface area contributed by atoms with Crippen LogP contribution in [0.3, 0.4) is 0 Å². The van der Waals surface area contributed by atoms with Gasteiger partial charge in [-0.3, -0.25) is 0 Å². The van der Waals surface area contributed by atoms with Crippen LogP contribution in [0, 0.1) is 6.92 Å². The molecule has 2 N–H and O–H groups in total. The van der Waals surface area contributed by atoms with Crippen molar-refractivity contribution in [2.75, 3.05) is 6.26 Å². The van der Waals surface area contributed by atoms with E-state index in [1.807, 2.05) is 31.4 Å². The standard InChI is InChI=1S/C9H11ClN2S/c1-6-3-4-7(10)8(5-6)12-9(11)13-2/h3-5H,1-2H3,(H2,11,12). The lowest BCUT2D eigenvalue weighted by Crippen LogP contribution is -2.04. The van der Waals surface area contributed by atoms with E-state index in [1.165, 1.54) is 11.8 Å². The SMILES string of the molecule is CSC(N)=Nc1cc(C)ccc1Cl. The Morgan fingerprint density at radius 1 is 1.54 bits per heavy atom. The number of thioether (sulfide) groups is 1. The summed E-state index contributed by atoms with van der Waals surface area (Å²) < 4.78 is 0. The average molecular weight is 215 g/mol. The molecule has 1 rings (SSSR count). The molecule has 0 radical (unpaired) electrons. The number of hydrogen-bond donors (Lipinski definition) is 1. The number of nitrogens with two attached hydrogens (primary N) is 1. The normalized spacial score (nSPS) is 11.8. The third-order valence-corrected chi connectivity index (χ3v) is 2.37. The van der Waals surface area contributed by atoms with Crippen LogP contribution < -0.4 is 5.73 Å². The summed E-state index contributed by atoms with van der Waals surface area (Å²) in [4.78, 5) is 4.16. The highest BCUT2D eigenvalue weighted by Gasteiger charge is 1.99. The van der Waals surface area contributed by atoms with Gasteiger partial charge in [0.1, 0.15) is 0 Å². The topological polar surface area (TPSA) is 38.4 Å². The van der Waals surface area contributed by atoms with E-state index in [1.54, 1.807) is 0 Å². The highest BCUT2D eigenvalue weighted by atomic mass is 35.5. The summed E-state index contributed by atoms with van der Waals surface area (Å²) in [6, 6.07) is 5.67. The van der Waals surface area contributed by atoms with Crippen molar-refractivity contribution in [1.29, 1.82) is 0 Å². The van der Waals surface area contributed by atoms with Crippen molar-refractivity contribution in [2.24, 2.45) is 10.7 Å². The maximum atomic E-state index is 5.93. The minimum absolute atomic E-state index is 0.521. The predicted molar refractivity (Wildman–Crippen MR) is 61.0 cm³/mol. The lowest BCUT2D eigenvalue weighted by molar-refractivity contribution is 1.42. The van der Waals surface area contributed by atoms with Crippen LogP contribution in [-0.4, -0.2) is 11.4 Å². The molecule has 70 valence electrons. The van der Waals surface area contributed by atoms with E-state index in [9.17, 15) is 0 Å². The summed E-state index contributed by atoms with van der Waals surface area (Å²) in [5.41, 5.74) is 7.43. The molecule has 0 bridgehead atoms. The van der Waals surface area contributed by atoms with Crippen LogP contribution in [0.1, 0.15) is 5.56 Å². The Morgan fingerprint density at radius 2 is 2.23 bits per heavy atom. The van der Waals surface area contributed by atoms with Gasteiger partial charge in [0.2, 0.25) is 0 Å². The number of rotatable bonds is 1. The van der Waals surface area contributed by atoms with Crippen LogP contribution in [-0.2, 0) is 0 Å². The van der Waals surface area contributed by atoms with Crippen LogP contribution in [0.4, 0.5) is 5.69 Å². The van der Waals surface area contributed by atoms with Crippen LogP contribution >= 0.6 is 23.4 Å². The van der Waals surface area contributed by atoms with Crippen LogP contribution in [0.15, 0.2) is 23.2 Å². The van der Waals surface area contributed by atoms with Crippen molar-refractivity contribution >= 4 is 34.2 Å². The quantitative estimate of drug-likeness (QED) is 0.577. The van der Waals surface area contributed by atoms with Crippen molar-refractivity contribution in [1.82, 2.24) is 0 Å². The molecule has 0 aromatic heterocycles. The minimum atomic E-state index is 0.521. The molecule has 2 nitrogen and oxygen atoms in total. The highest BCUT2D eigenvalue weighted by molar-refractivity contribution is 8.13. The molecule has 0 fully saturated rings. The van der Waals surface area contributed by atoms with Crippen LogP contribution in [0.25, 0.3) is 0 Å². The molecule has 0 saturated heterocycles. The summed E-state index contributed by atoms with van der Waals surface area (Å²) in [6.45, 7) is 1.99. The number of aliphatic imine (C=N–C) groups is 1. The van der Waals surface area contributed by atoms with Gasteiger partial charge < -0.3 is 5.73 Å². The smallest absolute Gasteiger partial charge is 0.158 e. The van der Waals surface area contributed by atoms with Crippen LogP contribution in [0.2, 0.25) is 5.02 Å². The maximum Gasteiger partial charge on any atom is 0.158 e. The fourth-order valence-electron chi connectivity index (χ4n) is 0.873. The van der Waals surface area contributed by atoms with E-state index < -0.39 is 0 Å². The van der Waals surface area contributed by atoms with Gasteiger partial charge in [0, 0.05) is 0 Å². The van der Waals surface area contributed by atoms with Gasteiger partial charge in [0.05, 0.1) is 10.7 Å². The number of nitrogens with zero attached hydrogens (tertiary/aromatic N) is 1. The van der Waals surface area contributed by atoms with Crippen molar-refractivity contribution in [3.05, 3.63) is 28.8 Å². The van der Waals surface area contributed by atoms with Gasteiger partial charge in [0.15, 0.2) is 5.17 Å². The van der Waals surface area contributed by atoms with Crippen molar-refractivity contribution < 1.29 is 0 Å². The van der Waals surface area contributed by atoms with E-state index in [2.05, 4.69) is 4.99 Å². The van der Waals surface area contributed by atoms with Gasteiger partial charge in [0.25, 0.3) is 0 Å². The fraction of sp³-hybridized carbons (Fsp3) is 0.222. The van der Waals surface area contributed by atoms with Gasteiger partial charge in [-0.25, -0.2) is 4.99 Å². The molecule has 0 aliphatic rings. The number of hydrogen-bond acceptors (Lipinski definition) is 2. The lowest BCUT2D eigenvalue weighted by atomic mass is 10.2. The zero-order valence-electron chi connectivity index (χ0n) is 7.54. The van der Waals surface area contributed by atoms with E-state index in [0.717, 1.165) is 11.3 Å². The summed E-state index contributed by atoms with van der Waals surface area (Å²) in [5.74, 6) is 0. The van der Waals surface area contributed by atoms with Crippen molar-refractivity contribution in [3.8, 4) is 0 Å². The molecular formula is C9H11ClN2S. The Balaban J connectivity index is 3.07. The molecule has 0 saturated carbocycles. The van der Waals surface area contributed by atoms with Crippen molar-refractivity contribution in [3.63, 3.8) is 0 Å². The van der Waals surface area contributed by atoms with E-state index in [-0.39, 0.29) is 0 Å². The lowest BCUT2D eigenvalue weighted by Gasteiger charge is -2.00. The molecule has 0 atom stereocenters. The number of amidine groups is 1. The second-order valence-electron chi connectivity index (χ2n) is 2.61. The Hall–Kier alpha value is -0.670. The monoisotopic (exact) mass is 214 g/mol. The third kappa shape index (κ3) is 2.94. The van der Waals surface area contributed by atoms with Gasteiger partial charge in [-0.1, -0.05) is 29.4 Å².